The molecule has 3 aromatic rings. The Kier molecular flexibility index (Phi) is 5.88. The Morgan fingerprint density at radius 3 is 2.75 bits per heavy atom. The van der Waals surface area contributed by atoms with Crippen molar-refractivity contribution in [2.75, 3.05) is 5.75 Å². The van der Waals surface area contributed by atoms with Gasteiger partial charge in [-0.2, -0.15) is 0 Å². The number of hydrogen-bond acceptors (Lipinski definition) is 3. The molecule has 28 heavy (non-hydrogen) atoms. The fraction of sp³-hybridized carbons (Fsp3) is 0.304. The van der Waals surface area contributed by atoms with Gasteiger partial charge in [0.25, 0.3) is 0 Å². The monoisotopic (exact) mass is 410 g/mol. The summed E-state index contributed by atoms with van der Waals surface area (Å²) in [5, 5.41) is 4.82. The van der Waals surface area contributed by atoms with Gasteiger partial charge >= 0.3 is 0 Å². The van der Waals surface area contributed by atoms with Crippen molar-refractivity contribution in [3.05, 3.63) is 69.9 Å². The van der Waals surface area contributed by atoms with Gasteiger partial charge in [-0.15, -0.1) is 11.8 Å². The fourth-order valence-corrected chi connectivity index (χ4v) is 4.88. The number of aryl methyl sites for hydroxylation is 2. The molecule has 2 aromatic carbocycles. The van der Waals surface area contributed by atoms with Crippen molar-refractivity contribution in [1.29, 1.82) is 0 Å². The van der Waals surface area contributed by atoms with Crippen molar-refractivity contribution in [2.45, 2.75) is 44.0 Å². The quantitative estimate of drug-likeness (QED) is 0.566. The van der Waals surface area contributed by atoms with Crippen LogP contribution < -0.4 is 5.32 Å². The van der Waals surface area contributed by atoms with Crippen LogP contribution in [-0.2, 0) is 24.2 Å². The molecular weight excluding hydrogens is 388 g/mol. The molecule has 0 unspecified atom stereocenters. The van der Waals surface area contributed by atoms with Gasteiger partial charge in [0.05, 0.1) is 11.3 Å². The summed E-state index contributed by atoms with van der Waals surface area (Å²) in [5.41, 5.74) is 5.75. The van der Waals surface area contributed by atoms with E-state index < -0.39 is 0 Å². The molecule has 0 spiro atoms. The molecule has 4 rings (SSSR count). The number of carbonyl (C=O) groups is 1. The maximum atomic E-state index is 12.4. The summed E-state index contributed by atoms with van der Waals surface area (Å²) >= 11 is 7.80. The van der Waals surface area contributed by atoms with Crippen LogP contribution >= 0.6 is 23.4 Å². The number of benzene rings is 2. The lowest BCUT2D eigenvalue weighted by Crippen LogP contribution is -2.24. The molecular formula is C23H23ClN2OS. The molecule has 1 aliphatic carbocycles. The number of hydrogen-bond donors (Lipinski definition) is 1. The lowest BCUT2D eigenvalue weighted by molar-refractivity contribution is -0.118. The van der Waals surface area contributed by atoms with Crippen molar-refractivity contribution in [3.63, 3.8) is 0 Å². The predicted octanol–water partition coefficient (Wildman–Crippen LogP) is 5.48. The number of carbonyl (C=O) groups excluding carboxylic acids is 1. The molecule has 1 aromatic heterocycles. The predicted molar refractivity (Wildman–Crippen MR) is 117 cm³/mol. The number of thioether (sulfide) groups is 1. The SMILES string of the molecule is Cc1ccc(CNC(=O)CSc2c3c(nc4cc(Cl)ccc24)CCCC3)cc1. The zero-order chi connectivity index (χ0) is 19.5. The van der Waals surface area contributed by atoms with Gasteiger partial charge in [0.2, 0.25) is 5.91 Å². The molecule has 1 N–H and O–H groups in total. The first-order valence-electron chi connectivity index (χ1n) is 9.66. The Bertz CT molecular complexity index is 1020. The summed E-state index contributed by atoms with van der Waals surface area (Å²) in [6.45, 7) is 2.62. The number of nitrogens with one attached hydrogen (secondary N) is 1. The Morgan fingerprint density at radius 1 is 1.14 bits per heavy atom. The van der Waals surface area contributed by atoms with Crippen molar-refractivity contribution in [2.24, 2.45) is 0 Å². The van der Waals surface area contributed by atoms with Crippen LogP contribution in [0, 0.1) is 6.92 Å². The van der Waals surface area contributed by atoms with Crippen LogP contribution in [-0.4, -0.2) is 16.6 Å². The van der Waals surface area contributed by atoms with Gasteiger partial charge in [-0.05, 0) is 55.9 Å². The number of pyridine rings is 1. The first-order valence-corrected chi connectivity index (χ1v) is 11.0. The first kappa shape index (κ1) is 19.3. The summed E-state index contributed by atoms with van der Waals surface area (Å²) < 4.78 is 0. The third-order valence-electron chi connectivity index (χ3n) is 5.13. The van der Waals surface area contributed by atoms with Crippen molar-refractivity contribution in [1.82, 2.24) is 10.3 Å². The molecule has 0 radical (unpaired) electrons. The highest BCUT2D eigenvalue weighted by molar-refractivity contribution is 8.00. The van der Waals surface area contributed by atoms with E-state index in [1.165, 1.54) is 34.6 Å². The van der Waals surface area contributed by atoms with Gasteiger partial charge in [-0.25, -0.2) is 0 Å². The Labute approximate surface area is 174 Å². The topological polar surface area (TPSA) is 42.0 Å². The van der Waals surface area contributed by atoms with E-state index in [-0.39, 0.29) is 5.91 Å². The number of halogens is 1. The van der Waals surface area contributed by atoms with E-state index in [0.29, 0.717) is 17.3 Å². The molecule has 5 heteroatoms. The van der Waals surface area contributed by atoms with Gasteiger partial charge in [0.15, 0.2) is 0 Å². The normalized spacial score (nSPS) is 13.4. The lowest BCUT2D eigenvalue weighted by atomic mass is 9.94. The minimum Gasteiger partial charge on any atom is -0.351 e. The fourth-order valence-electron chi connectivity index (χ4n) is 3.61. The Balaban J connectivity index is 1.50. The molecule has 0 fully saturated rings. The summed E-state index contributed by atoms with van der Waals surface area (Å²) in [7, 11) is 0. The summed E-state index contributed by atoms with van der Waals surface area (Å²) in [6.07, 6.45) is 4.40. The molecule has 0 saturated carbocycles. The van der Waals surface area contributed by atoms with Gasteiger partial charge < -0.3 is 5.32 Å². The molecule has 0 saturated heterocycles. The van der Waals surface area contributed by atoms with Crippen LogP contribution in [0.3, 0.4) is 0 Å². The van der Waals surface area contributed by atoms with E-state index in [9.17, 15) is 4.79 Å². The van der Waals surface area contributed by atoms with Gasteiger partial charge in [-0.3, -0.25) is 9.78 Å². The third kappa shape index (κ3) is 4.34. The van der Waals surface area contributed by atoms with Crippen LogP contribution in [0.2, 0.25) is 5.02 Å². The van der Waals surface area contributed by atoms with E-state index in [4.69, 9.17) is 16.6 Å². The Hall–Kier alpha value is -2.04. The van der Waals surface area contributed by atoms with Crippen LogP contribution in [0.4, 0.5) is 0 Å². The van der Waals surface area contributed by atoms with Gasteiger partial charge in [0, 0.05) is 27.5 Å². The van der Waals surface area contributed by atoms with Crippen LogP contribution in [0.1, 0.15) is 35.2 Å². The van der Waals surface area contributed by atoms with Crippen molar-refractivity contribution in [3.8, 4) is 0 Å². The Morgan fingerprint density at radius 2 is 1.93 bits per heavy atom. The number of amides is 1. The molecule has 0 bridgehead atoms. The molecule has 0 atom stereocenters. The second-order valence-corrected chi connectivity index (χ2v) is 8.71. The number of rotatable bonds is 5. The molecule has 144 valence electrons. The minimum absolute atomic E-state index is 0.0501. The van der Waals surface area contributed by atoms with Crippen LogP contribution in [0.15, 0.2) is 47.4 Å². The van der Waals surface area contributed by atoms with Crippen molar-refractivity contribution >= 4 is 40.2 Å². The third-order valence-corrected chi connectivity index (χ3v) is 6.53. The van der Waals surface area contributed by atoms with Crippen LogP contribution in [0.25, 0.3) is 10.9 Å². The smallest absolute Gasteiger partial charge is 0.230 e. The van der Waals surface area contributed by atoms with E-state index >= 15 is 0 Å². The van der Waals surface area contributed by atoms with E-state index in [1.54, 1.807) is 11.8 Å². The molecule has 0 aliphatic heterocycles. The minimum atomic E-state index is 0.0501. The summed E-state index contributed by atoms with van der Waals surface area (Å²) in [4.78, 5) is 18.5. The second-order valence-electron chi connectivity index (χ2n) is 7.29. The molecule has 1 aliphatic rings. The standard InChI is InChI=1S/C23H23ClN2OS/c1-15-6-8-16(9-7-15)13-25-22(27)14-28-23-18-4-2-3-5-20(18)26-21-12-17(24)10-11-19(21)23/h6-12H,2-5,13-14H2,1H3,(H,25,27). The zero-order valence-corrected chi connectivity index (χ0v) is 17.5. The average molecular weight is 411 g/mol. The van der Waals surface area contributed by atoms with E-state index in [1.807, 2.05) is 18.2 Å². The highest BCUT2D eigenvalue weighted by atomic mass is 35.5. The lowest BCUT2D eigenvalue weighted by Gasteiger charge is -2.20. The molecule has 1 amide bonds. The summed E-state index contributed by atoms with van der Waals surface area (Å²) in [5.74, 6) is 0.453. The summed E-state index contributed by atoms with van der Waals surface area (Å²) in [6, 6.07) is 14.1. The second kappa shape index (κ2) is 8.54. The maximum absolute atomic E-state index is 12.4. The van der Waals surface area contributed by atoms with Crippen LogP contribution in [0.5, 0.6) is 0 Å². The molecule has 1 heterocycles. The van der Waals surface area contributed by atoms with Gasteiger partial charge in [0.1, 0.15) is 0 Å². The first-order chi connectivity index (χ1) is 13.6. The molecule has 3 nitrogen and oxygen atoms in total. The number of fused-ring (bicyclic) bond motifs is 2. The maximum Gasteiger partial charge on any atom is 0.230 e. The van der Waals surface area contributed by atoms with E-state index in [2.05, 4.69) is 36.5 Å². The van der Waals surface area contributed by atoms with Crippen molar-refractivity contribution < 1.29 is 4.79 Å². The van der Waals surface area contributed by atoms with Gasteiger partial charge in [-0.1, -0.05) is 47.5 Å². The van der Waals surface area contributed by atoms with E-state index in [0.717, 1.165) is 29.3 Å². The highest BCUT2D eigenvalue weighted by Gasteiger charge is 2.19. The average Bonchev–Trinajstić information content (AvgIpc) is 2.70. The number of nitrogens with zero attached hydrogens (tertiary/aromatic N) is 1. The zero-order valence-electron chi connectivity index (χ0n) is 15.9. The largest absolute Gasteiger partial charge is 0.351 e. The highest BCUT2D eigenvalue weighted by Crippen LogP contribution is 2.36. The number of aromatic nitrogens is 1.